The molecule has 0 aromatic heterocycles. The highest BCUT2D eigenvalue weighted by molar-refractivity contribution is 7.89. The van der Waals surface area contributed by atoms with Crippen LogP contribution in [0.5, 0.6) is 0 Å². The van der Waals surface area contributed by atoms with E-state index in [9.17, 15) is 8.42 Å². The van der Waals surface area contributed by atoms with Crippen LogP contribution in [0.1, 0.15) is 18.9 Å². The quantitative estimate of drug-likeness (QED) is 0.801. The Hall–Kier alpha value is -0.660. The van der Waals surface area contributed by atoms with Gasteiger partial charge in [-0.15, -0.1) is 0 Å². The van der Waals surface area contributed by atoms with Crippen molar-refractivity contribution in [2.45, 2.75) is 30.9 Å². The molecule has 2 N–H and O–H groups in total. The second-order valence-electron chi connectivity index (χ2n) is 4.09. The lowest BCUT2D eigenvalue weighted by molar-refractivity contribution is 0.173. The van der Waals surface area contributed by atoms with Crippen LogP contribution in [0.3, 0.4) is 0 Å². The monoisotopic (exact) mass is 307 g/mol. The van der Waals surface area contributed by atoms with Crippen LogP contribution in [-0.4, -0.2) is 33.3 Å². The van der Waals surface area contributed by atoms with Gasteiger partial charge in [-0.05, 0) is 24.1 Å². The smallest absolute Gasteiger partial charge is 0.240 e. The van der Waals surface area contributed by atoms with Crippen molar-refractivity contribution in [3.8, 4) is 0 Å². The minimum Gasteiger partial charge on any atom is -0.392 e. The average molecular weight is 308 g/mol. The predicted molar refractivity (Wildman–Crippen MR) is 73.7 cm³/mol. The lowest BCUT2D eigenvalue weighted by Crippen LogP contribution is -2.37. The van der Waals surface area contributed by atoms with Gasteiger partial charge in [-0.3, -0.25) is 0 Å². The van der Waals surface area contributed by atoms with Crippen molar-refractivity contribution in [1.29, 1.82) is 0 Å². The van der Waals surface area contributed by atoms with Crippen LogP contribution in [0, 0.1) is 0 Å². The van der Waals surface area contributed by atoms with E-state index >= 15 is 0 Å². The maximum atomic E-state index is 12.1. The summed E-state index contributed by atoms with van der Waals surface area (Å²) in [7, 11) is -2.12. The van der Waals surface area contributed by atoms with Crippen LogP contribution in [0.4, 0.5) is 0 Å². The van der Waals surface area contributed by atoms with Gasteiger partial charge in [-0.25, -0.2) is 13.1 Å². The molecule has 0 spiro atoms. The van der Waals surface area contributed by atoms with E-state index in [1.54, 1.807) is 0 Å². The molecular weight excluding hydrogens is 290 g/mol. The summed E-state index contributed by atoms with van der Waals surface area (Å²) in [6.45, 7) is 1.94. The zero-order chi connectivity index (χ0) is 14.5. The van der Waals surface area contributed by atoms with Gasteiger partial charge in [0.05, 0.1) is 18.1 Å². The van der Waals surface area contributed by atoms with Gasteiger partial charge in [-0.2, -0.15) is 0 Å². The summed E-state index contributed by atoms with van der Waals surface area (Å²) in [5.41, 5.74) is 0.490. The standard InChI is InChI=1S/C12H18ClNO4S/c1-3-10(8-18-2)14-19(16,17)11-5-4-9(7-15)12(13)6-11/h4-6,10,14-15H,3,7-8H2,1-2H3. The number of aliphatic hydroxyl groups excluding tert-OH is 1. The van der Waals surface area contributed by atoms with E-state index in [-0.39, 0.29) is 22.6 Å². The van der Waals surface area contributed by atoms with Crippen LogP contribution < -0.4 is 4.72 Å². The van der Waals surface area contributed by atoms with E-state index in [0.717, 1.165) is 0 Å². The summed E-state index contributed by atoms with van der Waals surface area (Å²) in [6.07, 6.45) is 0.621. The molecule has 1 unspecified atom stereocenters. The van der Waals surface area contributed by atoms with Gasteiger partial charge in [-0.1, -0.05) is 24.6 Å². The molecule has 0 heterocycles. The molecule has 0 fully saturated rings. The number of hydrogen-bond donors (Lipinski definition) is 2. The maximum absolute atomic E-state index is 12.1. The number of ether oxygens (including phenoxy) is 1. The number of methoxy groups -OCH3 is 1. The Balaban J connectivity index is 2.96. The van der Waals surface area contributed by atoms with E-state index in [4.69, 9.17) is 21.4 Å². The molecule has 0 amide bonds. The number of hydrogen-bond acceptors (Lipinski definition) is 4. The molecule has 0 aliphatic carbocycles. The first-order valence-corrected chi connectivity index (χ1v) is 7.71. The summed E-state index contributed by atoms with van der Waals surface area (Å²) in [6, 6.07) is 3.95. The van der Waals surface area contributed by atoms with E-state index in [1.807, 2.05) is 6.92 Å². The molecule has 19 heavy (non-hydrogen) atoms. The molecule has 1 aromatic carbocycles. The number of halogens is 1. The fraction of sp³-hybridized carbons (Fsp3) is 0.500. The fourth-order valence-corrected chi connectivity index (χ4v) is 3.18. The predicted octanol–water partition coefficient (Wildman–Crippen LogP) is 1.54. The molecule has 5 nitrogen and oxygen atoms in total. The van der Waals surface area contributed by atoms with Gasteiger partial charge in [0.1, 0.15) is 0 Å². The van der Waals surface area contributed by atoms with Gasteiger partial charge in [0.25, 0.3) is 0 Å². The Kier molecular flexibility index (Phi) is 6.22. The summed E-state index contributed by atoms with van der Waals surface area (Å²) in [4.78, 5) is 0.0734. The molecular formula is C12H18ClNO4S. The molecule has 0 radical (unpaired) electrons. The first-order chi connectivity index (χ1) is 8.94. The largest absolute Gasteiger partial charge is 0.392 e. The van der Waals surface area contributed by atoms with Crippen molar-refractivity contribution in [3.05, 3.63) is 28.8 Å². The van der Waals surface area contributed by atoms with Crippen LogP contribution in [0.2, 0.25) is 5.02 Å². The summed E-state index contributed by atoms with van der Waals surface area (Å²) < 4.78 is 31.8. The molecule has 1 rings (SSSR count). The molecule has 0 aliphatic rings. The molecule has 0 saturated carbocycles. The Morgan fingerprint density at radius 3 is 2.63 bits per heavy atom. The minimum absolute atomic E-state index is 0.0734. The normalized spacial score (nSPS) is 13.5. The highest BCUT2D eigenvalue weighted by atomic mass is 35.5. The highest BCUT2D eigenvalue weighted by Gasteiger charge is 2.19. The van der Waals surface area contributed by atoms with Crippen LogP contribution in [0.15, 0.2) is 23.1 Å². The van der Waals surface area contributed by atoms with Crippen LogP contribution >= 0.6 is 11.6 Å². The van der Waals surface area contributed by atoms with Crippen molar-refractivity contribution >= 4 is 21.6 Å². The number of nitrogens with one attached hydrogen (secondary N) is 1. The van der Waals surface area contributed by atoms with Crippen LogP contribution in [0.25, 0.3) is 0 Å². The van der Waals surface area contributed by atoms with Gasteiger partial charge >= 0.3 is 0 Å². The fourth-order valence-electron chi connectivity index (χ4n) is 1.55. The van der Waals surface area contributed by atoms with E-state index < -0.39 is 10.0 Å². The van der Waals surface area contributed by atoms with E-state index in [1.165, 1.54) is 25.3 Å². The van der Waals surface area contributed by atoms with Crippen molar-refractivity contribution in [1.82, 2.24) is 4.72 Å². The van der Waals surface area contributed by atoms with Gasteiger partial charge in [0.2, 0.25) is 10.0 Å². The third-order valence-corrected chi connectivity index (χ3v) is 4.56. The first kappa shape index (κ1) is 16.4. The number of benzene rings is 1. The number of rotatable bonds is 7. The second kappa shape index (κ2) is 7.21. The van der Waals surface area contributed by atoms with Gasteiger partial charge < -0.3 is 9.84 Å². The lowest BCUT2D eigenvalue weighted by atomic mass is 10.2. The van der Waals surface area contributed by atoms with Crippen molar-refractivity contribution in [2.75, 3.05) is 13.7 Å². The summed E-state index contributed by atoms with van der Waals surface area (Å²) >= 11 is 5.89. The SMILES string of the molecule is CCC(COC)NS(=O)(=O)c1ccc(CO)c(Cl)c1. The topological polar surface area (TPSA) is 75.6 Å². The summed E-state index contributed by atoms with van der Waals surface area (Å²) in [5, 5.41) is 9.23. The molecule has 1 aromatic rings. The van der Waals surface area contributed by atoms with Gasteiger partial charge in [0, 0.05) is 18.2 Å². The van der Waals surface area contributed by atoms with E-state index in [0.29, 0.717) is 18.6 Å². The molecule has 108 valence electrons. The van der Waals surface area contributed by atoms with Crippen molar-refractivity contribution < 1.29 is 18.3 Å². The Labute approximate surface area is 118 Å². The zero-order valence-corrected chi connectivity index (χ0v) is 12.5. The Morgan fingerprint density at radius 1 is 1.47 bits per heavy atom. The Morgan fingerprint density at radius 2 is 2.16 bits per heavy atom. The lowest BCUT2D eigenvalue weighted by Gasteiger charge is -2.16. The molecule has 1 atom stereocenters. The Bertz CT molecular complexity index is 518. The van der Waals surface area contributed by atoms with Crippen molar-refractivity contribution in [3.63, 3.8) is 0 Å². The third kappa shape index (κ3) is 4.43. The highest BCUT2D eigenvalue weighted by Crippen LogP contribution is 2.21. The summed E-state index contributed by atoms with van der Waals surface area (Å²) in [5.74, 6) is 0. The van der Waals surface area contributed by atoms with Gasteiger partial charge in [0.15, 0.2) is 0 Å². The molecule has 0 saturated heterocycles. The first-order valence-electron chi connectivity index (χ1n) is 5.85. The average Bonchev–Trinajstić information content (AvgIpc) is 2.37. The third-order valence-electron chi connectivity index (χ3n) is 2.69. The van der Waals surface area contributed by atoms with E-state index in [2.05, 4.69) is 4.72 Å². The zero-order valence-electron chi connectivity index (χ0n) is 10.9. The number of aliphatic hydroxyl groups is 1. The minimum atomic E-state index is -3.64. The molecule has 7 heteroatoms. The number of sulfonamides is 1. The molecule has 0 aliphatic heterocycles. The molecule has 0 bridgehead atoms. The van der Waals surface area contributed by atoms with Crippen LogP contribution in [-0.2, 0) is 21.4 Å². The van der Waals surface area contributed by atoms with Crippen molar-refractivity contribution in [2.24, 2.45) is 0 Å². The maximum Gasteiger partial charge on any atom is 0.240 e. The second-order valence-corrected chi connectivity index (χ2v) is 6.21.